The molecule has 4 rings (SSSR count). The number of anilines is 2. The van der Waals surface area contributed by atoms with Gasteiger partial charge in [-0.25, -0.2) is 13.8 Å². The van der Waals surface area contributed by atoms with E-state index in [-0.39, 0.29) is 16.3 Å². The molecule has 0 aliphatic carbocycles. The molecule has 1 N–H and O–H groups in total. The average Bonchev–Trinajstić information content (AvgIpc) is 2.96. The molecule has 39 heavy (non-hydrogen) atoms. The van der Waals surface area contributed by atoms with E-state index in [1.165, 1.54) is 43.7 Å². The van der Waals surface area contributed by atoms with Crippen LogP contribution in [0.1, 0.15) is 5.56 Å². The SMILES string of the molecule is COc1cccc(N(CC(=O)N/N=C\c2cc([N+](=O)[O-])ccc2N2CCOCC2)S(=O)(=O)c2ccccc2)c1. The first kappa shape index (κ1) is 27.5. The molecular formula is C26H27N5O7S. The van der Waals surface area contributed by atoms with Crippen molar-refractivity contribution >= 4 is 39.2 Å². The number of benzene rings is 3. The smallest absolute Gasteiger partial charge is 0.270 e. The Balaban J connectivity index is 1.58. The van der Waals surface area contributed by atoms with E-state index in [9.17, 15) is 23.3 Å². The van der Waals surface area contributed by atoms with Crippen molar-refractivity contribution < 1.29 is 27.6 Å². The van der Waals surface area contributed by atoms with Crippen LogP contribution in [0.3, 0.4) is 0 Å². The molecule has 1 aliphatic rings. The highest BCUT2D eigenvalue weighted by Crippen LogP contribution is 2.27. The Morgan fingerprint density at radius 2 is 1.87 bits per heavy atom. The van der Waals surface area contributed by atoms with Crippen LogP contribution in [0.15, 0.2) is 82.8 Å². The summed E-state index contributed by atoms with van der Waals surface area (Å²) in [6.45, 7) is 1.64. The molecule has 1 amide bonds. The zero-order valence-electron chi connectivity index (χ0n) is 21.1. The van der Waals surface area contributed by atoms with E-state index in [2.05, 4.69) is 10.5 Å². The minimum absolute atomic E-state index is 0.0101. The van der Waals surface area contributed by atoms with Gasteiger partial charge in [0.1, 0.15) is 12.3 Å². The number of hydrogen-bond acceptors (Lipinski definition) is 9. The Hall–Kier alpha value is -4.49. The number of rotatable bonds is 10. The lowest BCUT2D eigenvalue weighted by atomic mass is 10.1. The molecule has 1 saturated heterocycles. The summed E-state index contributed by atoms with van der Waals surface area (Å²) in [5.74, 6) is -0.299. The van der Waals surface area contributed by atoms with Gasteiger partial charge in [0, 0.05) is 42.5 Å². The van der Waals surface area contributed by atoms with Crippen LogP contribution in [0, 0.1) is 10.1 Å². The number of methoxy groups -OCH3 is 1. The predicted molar refractivity (Wildman–Crippen MR) is 146 cm³/mol. The van der Waals surface area contributed by atoms with Crippen LogP contribution >= 0.6 is 0 Å². The highest BCUT2D eigenvalue weighted by molar-refractivity contribution is 7.92. The summed E-state index contributed by atoms with van der Waals surface area (Å²) in [4.78, 5) is 25.7. The molecule has 0 aromatic heterocycles. The molecule has 1 aliphatic heterocycles. The third kappa shape index (κ3) is 6.69. The number of nitro benzene ring substituents is 1. The number of sulfonamides is 1. The van der Waals surface area contributed by atoms with Crippen LogP contribution in [0.4, 0.5) is 17.1 Å². The van der Waals surface area contributed by atoms with Gasteiger partial charge in [-0.15, -0.1) is 0 Å². The van der Waals surface area contributed by atoms with Crippen LogP contribution < -0.4 is 19.4 Å². The van der Waals surface area contributed by atoms with Gasteiger partial charge in [-0.1, -0.05) is 24.3 Å². The van der Waals surface area contributed by atoms with Gasteiger partial charge in [0.15, 0.2) is 0 Å². The van der Waals surface area contributed by atoms with E-state index in [4.69, 9.17) is 9.47 Å². The topological polar surface area (TPSA) is 144 Å². The van der Waals surface area contributed by atoms with Gasteiger partial charge in [-0.05, 0) is 30.3 Å². The maximum Gasteiger partial charge on any atom is 0.270 e. The lowest BCUT2D eigenvalue weighted by molar-refractivity contribution is -0.384. The van der Waals surface area contributed by atoms with Gasteiger partial charge >= 0.3 is 0 Å². The van der Waals surface area contributed by atoms with Crippen LogP contribution in [0.5, 0.6) is 5.75 Å². The lowest BCUT2D eigenvalue weighted by Crippen LogP contribution is -2.39. The highest BCUT2D eigenvalue weighted by Gasteiger charge is 2.27. The van der Waals surface area contributed by atoms with Crippen molar-refractivity contribution in [3.8, 4) is 5.75 Å². The Bertz CT molecular complexity index is 1460. The number of morpholine rings is 1. The summed E-state index contributed by atoms with van der Waals surface area (Å²) in [6.07, 6.45) is 1.30. The minimum atomic E-state index is -4.12. The Labute approximate surface area is 225 Å². The normalized spacial score (nSPS) is 13.7. The standard InChI is InChI=1S/C26H27N5O7S/c1-37-23-7-5-6-21(17-23)30(39(35,36)24-8-3-2-4-9-24)19-26(32)28-27-18-20-16-22(31(33)34)10-11-25(20)29-12-14-38-15-13-29/h2-11,16-18H,12-15,19H2,1H3,(H,28,32)/b27-18-. The number of ether oxygens (including phenoxy) is 2. The third-order valence-corrected chi connectivity index (χ3v) is 7.71. The third-order valence-electron chi connectivity index (χ3n) is 5.93. The summed E-state index contributed by atoms with van der Waals surface area (Å²) in [6, 6.07) is 18.5. The van der Waals surface area contributed by atoms with Gasteiger partial charge in [-0.3, -0.25) is 19.2 Å². The van der Waals surface area contributed by atoms with Crippen LogP contribution in [-0.4, -0.2) is 65.4 Å². The molecule has 0 unspecified atom stereocenters. The molecule has 13 heteroatoms. The molecule has 204 valence electrons. The molecule has 0 radical (unpaired) electrons. The molecule has 1 fully saturated rings. The molecule has 0 atom stereocenters. The van der Waals surface area contributed by atoms with Crippen molar-refractivity contribution in [2.24, 2.45) is 5.10 Å². The summed E-state index contributed by atoms with van der Waals surface area (Å²) in [7, 11) is -2.66. The number of carbonyl (C=O) groups excluding carboxylic acids is 1. The second kappa shape index (κ2) is 12.4. The minimum Gasteiger partial charge on any atom is -0.497 e. The van der Waals surface area contributed by atoms with E-state index < -0.39 is 27.4 Å². The predicted octanol–water partition coefficient (Wildman–Crippen LogP) is 2.79. The van der Waals surface area contributed by atoms with Crippen LogP contribution in [0.25, 0.3) is 0 Å². The van der Waals surface area contributed by atoms with Gasteiger partial charge in [0.25, 0.3) is 21.6 Å². The number of amides is 1. The van der Waals surface area contributed by atoms with Gasteiger partial charge < -0.3 is 14.4 Å². The molecule has 0 saturated carbocycles. The zero-order chi connectivity index (χ0) is 27.8. The molecule has 0 spiro atoms. The maximum atomic E-state index is 13.5. The Morgan fingerprint density at radius 1 is 1.13 bits per heavy atom. The molecule has 3 aromatic carbocycles. The van der Waals surface area contributed by atoms with E-state index in [1.54, 1.807) is 42.5 Å². The monoisotopic (exact) mass is 553 g/mol. The first-order chi connectivity index (χ1) is 18.8. The number of hydrazone groups is 1. The summed E-state index contributed by atoms with van der Waals surface area (Å²) in [5, 5.41) is 15.3. The van der Waals surface area contributed by atoms with Crippen molar-refractivity contribution in [1.29, 1.82) is 0 Å². The number of hydrogen-bond donors (Lipinski definition) is 1. The van der Waals surface area contributed by atoms with Crippen molar-refractivity contribution in [3.05, 3.63) is 88.5 Å². The fourth-order valence-electron chi connectivity index (χ4n) is 3.99. The maximum absolute atomic E-state index is 13.5. The molecule has 12 nitrogen and oxygen atoms in total. The largest absolute Gasteiger partial charge is 0.497 e. The Morgan fingerprint density at radius 3 is 2.56 bits per heavy atom. The summed E-state index contributed by atoms with van der Waals surface area (Å²) in [5.41, 5.74) is 3.57. The fourth-order valence-corrected chi connectivity index (χ4v) is 5.42. The van der Waals surface area contributed by atoms with Crippen molar-refractivity contribution in [1.82, 2.24) is 5.43 Å². The molecule has 0 bridgehead atoms. The van der Waals surface area contributed by atoms with E-state index in [1.807, 2.05) is 4.90 Å². The number of non-ortho nitro benzene ring substituents is 1. The van der Waals surface area contributed by atoms with Crippen molar-refractivity contribution in [3.63, 3.8) is 0 Å². The van der Waals surface area contributed by atoms with Crippen LogP contribution in [0.2, 0.25) is 0 Å². The second-order valence-corrected chi connectivity index (χ2v) is 10.3. The van der Waals surface area contributed by atoms with Gasteiger partial charge in [0.2, 0.25) is 0 Å². The second-order valence-electron chi connectivity index (χ2n) is 8.42. The zero-order valence-corrected chi connectivity index (χ0v) is 21.9. The number of nitrogens with zero attached hydrogens (tertiary/aromatic N) is 4. The molecule has 3 aromatic rings. The lowest BCUT2D eigenvalue weighted by Gasteiger charge is -2.29. The van der Waals surface area contributed by atoms with Crippen LogP contribution in [-0.2, 0) is 19.6 Å². The highest BCUT2D eigenvalue weighted by atomic mass is 32.2. The van der Waals surface area contributed by atoms with E-state index >= 15 is 0 Å². The average molecular weight is 554 g/mol. The first-order valence-electron chi connectivity index (χ1n) is 11.9. The van der Waals surface area contributed by atoms with E-state index in [0.29, 0.717) is 43.3 Å². The van der Waals surface area contributed by atoms with Gasteiger partial charge in [-0.2, -0.15) is 5.10 Å². The van der Waals surface area contributed by atoms with Crippen molar-refractivity contribution in [2.75, 3.05) is 49.2 Å². The van der Waals surface area contributed by atoms with Gasteiger partial charge in [0.05, 0.1) is 42.0 Å². The summed E-state index contributed by atoms with van der Waals surface area (Å²) < 4.78 is 38.5. The number of nitrogens with one attached hydrogen (secondary N) is 1. The molecule has 1 heterocycles. The fraction of sp³-hybridized carbons (Fsp3) is 0.231. The summed E-state index contributed by atoms with van der Waals surface area (Å²) >= 11 is 0. The first-order valence-corrected chi connectivity index (χ1v) is 13.4. The van der Waals surface area contributed by atoms with E-state index in [0.717, 1.165) is 4.31 Å². The molecular weight excluding hydrogens is 526 g/mol. The Kier molecular flexibility index (Phi) is 8.74. The quantitative estimate of drug-likeness (QED) is 0.229. The number of nitro groups is 1. The van der Waals surface area contributed by atoms with Crippen molar-refractivity contribution in [2.45, 2.75) is 4.90 Å². The number of carbonyl (C=O) groups is 1.